The third-order valence-electron chi connectivity index (χ3n) is 1.93. The Morgan fingerprint density at radius 2 is 2.27 bits per heavy atom. The minimum atomic E-state index is -0.747. The summed E-state index contributed by atoms with van der Waals surface area (Å²) in [6.45, 7) is 1.83. The summed E-state index contributed by atoms with van der Waals surface area (Å²) in [5, 5.41) is 2.41. The second-order valence-corrected chi connectivity index (χ2v) is 4.02. The van der Waals surface area contributed by atoms with E-state index in [0.29, 0.717) is 5.00 Å². The average molecular weight is 247 g/mol. The lowest BCUT2D eigenvalue weighted by Gasteiger charge is -1.94. The van der Waals surface area contributed by atoms with Gasteiger partial charge in [0, 0.05) is 0 Å². The van der Waals surface area contributed by atoms with Crippen molar-refractivity contribution in [3.8, 4) is 5.00 Å². The van der Waals surface area contributed by atoms with Crippen LogP contribution in [0.2, 0.25) is 0 Å². The molecule has 0 fully saturated rings. The number of hydrogen-bond donors (Lipinski definition) is 0. The quantitative estimate of drug-likeness (QED) is 0.747. The third kappa shape index (κ3) is 1.55. The molecule has 5 nitrogen and oxygen atoms in total. The highest BCUT2D eigenvalue weighted by Gasteiger charge is 2.14. The van der Waals surface area contributed by atoms with Crippen molar-refractivity contribution < 1.29 is 4.52 Å². The molecule has 0 radical (unpaired) electrons. The second-order valence-electron chi connectivity index (χ2n) is 2.89. The maximum atomic E-state index is 11.6. The highest BCUT2D eigenvalue weighted by Crippen LogP contribution is 2.18. The first-order valence-corrected chi connectivity index (χ1v) is 5.50. The number of hydrogen-bond acceptors (Lipinski definition) is 4. The molecule has 0 aromatic carbocycles. The molecule has 0 unspecified atom stereocenters. The van der Waals surface area contributed by atoms with E-state index in [2.05, 4.69) is 0 Å². The van der Waals surface area contributed by atoms with Gasteiger partial charge in [-0.1, -0.05) is 0 Å². The van der Waals surface area contributed by atoms with Gasteiger partial charge in [0.05, 0.1) is 0 Å². The van der Waals surface area contributed by atoms with Gasteiger partial charge in [-0.2, -0.15) is 0 Å². The van der Waals surface area contributed by atoms with Crippen LogP contribution in [0.3, 0.4) is 0 Å². The van der Waals surface area contributed by atoms with Crippen molar-refractivity contribution in [2.24, 2.45) is 0 Å². The van der Waals surface area contributed by atoms with E-state index in [-0.39, 0.29) is 6.00 Å². The van der Waals surface area contributed by atoms with Gasteiger partial charge in [-0.05, 0) is 23.9 Å². The number of alkyl halides is 1. The molecule has 0 aliphatic rings. The molecule has 80 valence electrons. The number of aromatic nitrogens is 2. The van der Waals surface area contributed by atoms with Gasteiger partial charge in [0.25, 0.3) is 0 Å². The fourth-order valence-corrected chi connectivity index (χ4v) is 2.22. The first kappa shape index (κ1) is 10.3. The molecule has 0 saturated carbocycles. The standard InChI is InChI=1S/C8H7ClN2O3S/c1-5-2-3-15-6(5)11-7(12)10(4-9)8(13)14-11/h2-3H,4H2,1H3. The van der Waals surface area contributed by atoms with Crippen LogP contribution in [0.1, 0.15) is 5.56 Å². The molecule has 15 heavy (non-hydrogen) atoms. The van der Waals surface area contributed by atoms with Crippen LogP contribution in [-0.4, -0.2) is 9.31 Å². The fourth-order valence-electron chi connectivity index (χ4n) is 1.16. The van der Waals surface area contributed by atoms with Crippen LogP contribution < -0.4 is 11.4 Å². The molecule has 0 N–H and O–H groups in total. The molecule has 0 aliphatic heterocycles. The lowest BCUT2D eigenvalue weighted by atomic mass is 10.4. The summed E-state index contributed by atoms with van der Waals surface area (Å²) < 4.78 is 6.58. The number of nitrogens with zero attached hydrogens (tertiary/aromatic N) is 2. The molecule has 0 bridgehead atoms. The van der Waals surface area contributed by atoms with Gasteiger partial charge in [0.1, 0.15) is 11.0 Å². The Morgan fingerprint density at radius 1 is 1.53 bits per heavy atom. The summed E-state index contributed by atoms with van der Waals surface area (Å²) in [7, 11) is 0. The Kier molecular flexibility index (Phi) is 2.54. The van der Waals surface area contributed by atoms with Crippen molar-refractivity contribution in [1.82, 2.24) is 9.31 Å². The maximum absolute atomic E-state index is 11.6. The number of thiophene rings is 1. The predicted molar refractivity (Wildman–Crippen MR) is 57.0 cm³/mol. The molecule has 2 aromatic heterocycles. The van der Waals surface area contributed by atoms with E-state index in [1.165, 1.54) is 11.3 Å². The molecular weight excluding hydrogens is 240 g/mol. The molecule has 2 heterocycles. The zero-order valence-electron chi connectivity index (χ0n) is 7.77. The van der Waals surface area contributed by atoms with E-state index in [1.807, 2.05) is 18.4 Å². The number of halogens is 1. The van der Waals surface area contributed by atoms with Gasteiger partial charge >= 0.3 is 11.4 Å². The van der Waals surface area contributed by atoms with Gasteiger partial charge < -0.3 is 4.52 Å². The largest absolute Gasteiger partial charge is 0.444 e. The fraction of sp³-hybridized carbons (Fsp3) is 0.250. The summed E-state index contributed by atoms with van der Waals surface area (Å²) in [6, 6.07) is 1.63. The molecule has 7 heteroatoms. The van der Waals surface area contributed by atoms with Crippen molar-refractivity contribution in [1.29, 1.82) is 0 Å². The van der Waals surface area contributed by atoms with Crippen LogP contribution in [0.15, 0.2) is 25.6 Å². The monoisotopic (exact) mass is 246 g/mol. The van der Waals surface area contributed by atoms with Crippen LogP contribution in [0.4, 0.5) is 0 Å². The molecule has 0 saturated heterocycles. The minimum Gasteiger partial charge on any atom is -0.311 e. The molecule has 2 rings (SSSR count). The summed E-state index contributed by atoms with van der Waals surface area (Å²) in [6.07, 6.45) is 0. The summed E-state index contributed by atoms with van der Waals surface area (Å²) in [5.74, 6) is -0.747. The van der Waals surface area contributed by atoms with Gasteiger partial charge in [-0.3, -0.25) is 0 Å². The minimum absolute atomic E-state index is 0.210. The normalized spacial score (nSPS) is 10.8. The summed E-state index contributed by atoms with van der Waals surface area (Å²) >= 11 is 6.77. The Balaban J connectivity index is 2.71. The average Bonchev–Trinajstić information content (AvgIpc) is 2.71. The van der Waals surface area contributed by atoms with Crippen LogP contribution in [0, 0.1) is 6.92 Å². The summed E-state index contributed by atoms with van der Waals surface area (Å²) in [5.41, 5.74) is 0.318. The van der Waals surface area contributed by atoms with Crippen molar-refractivity contribution in [2.75, 3.05) is 0 Å². The van der Waals surface area contributed by atoms with Crippen molar-refractivity contribution >= 4 is 22.9 Å². The van der Waals surface area contributed by atoms with E-state index >= 15 is 0 Å². The molecule has 0 spiro atoms. The molecule has 2 aromatic rings. The zero-order valence-corrected chi connectivity index (χ0v) is 9.34. The molecule has 0 atom stereocenters. The van der Waals surface area contributed by atoms with Crippen LogP contribution in [-0.2, 0) is 6.00 Å². The van der Waals surface area contributed by atoms with Crippen molar-refractivity contribution in [3.63, 3.8) is 0 Å². The highest BCUT2D eigenvalue weighted by molar-refractivity contribution is 7.12. The molecule has 0 amide bonds. The van der Waals surface area contributed by atoms with E-state index in [1.54, 1.807) is 0 Å². The first-order chi connectivity index (χ1) is 7.15. The van der Waals surface area contributed by atoms with Crippen molar-refractivity contribution in [3.05, 3.63) is 38.0 Å². The van der Waals surface area contributed by atoms with Crippen LogP contribution in [0.25, 0.3) is 5.00 Å². The lowest BCUT2D eigenvalue weighted by Crippen LogP contribution is -2.26. The predicted octanol–water partition coefficient (Wildman–Crippen LogP) is 1.16. The van der Waals surface area contributed by atoms with E-state index in [9.17, 15) is 9.59 Å². The Hall–Kier alpha value is -1.27. The number of rotatable bonds is 2. The third-order valence-corrected chi connectivity index (χ3v) is 3.16. The SMILES string of the molecule is Cc1ccsc1-n1oc(=O)n(CCl)c1=O. The van der Waals surface area contributed by atoms with Crippen molar-refractivity contribution in [2.45, 2.75) is 12.9 Å². The summed E-state index contributed by atoms with van der Waals surface area (Å²) in [4.78, 5) is 22.8. The second kappa shape index (κ2) is 3.71. The van der Waals surface area contributed by atoms with E-state index in [4.69, 9.17) is 16.1 Å². The lowest BCUT2D eigenvalue weighted by molar-refractivity contribution is 0.314. The van der Waals surface area contributed by atoms with E-state index < -0.39 is 11.4 Å². The Morgan fingerprint density at radius 3 is 2.73 bits per heavy atom. The van der Waals surface area contributed by atoms with Gasteiger partial charge in [0.15, 0.2) is 0 Å². The van der Waals surface area contributed by atoms with Gasteiger partial charge in [-0.15, -0.1) is 27.7 Å². The maximum Gasteiger partial charge on any atom is 0.444 e. The molecule has 0 aliphatic carbocycles. The topological polar surface area (TPSA) is 57.1 Å². The Bertz CT molecular complexity index is 592. The molecular formula is C8H7ClN2O3S. The highest BCUT2D eigenvalue weighted by atomic mass is 35.5. The van der Waals surface area contributed by atoms with Crippen LogP contribution >= 0.6 is 22.9 Å². The van der Waals surface area contributed by atoms with Gasteiger partial charge in [-0.25, -0.2) is 14.2 Å². The van der Waals surface area contributed by atoms with E-state index in [0.717, 1.165) is 14.9 Å². The van der Waals surface area contributed by atoms with Crippen LogP contribution in [0.5, 0.6) is 0 Å². The number of aryl methyl sites for hydroxylation is 1. The Labute approximate surface area is 93.1 Å². The first-order valence-electron chi connectivity index (χ1n) is 4.08. The zero-order chi connectivity index (χ0) is 11.0. The van der Waals surface area contributed by atoms with Gasteiger partial charge in [0.2, 0.25) is 0 Å². The smallest absolute Gasteiger partial charge is 0.311 e.